The van der Waals surface area contributed by atoms with Crippen LogP contribution in [-0.4, -0.2) is 10.9 Å². The number of aryl methyl sites for hydroxylation is 1. The van der Waals surface area contributed by atoms with Crippen LogP contribution in [-0.2, 0) is 22.9 Å². The summed E-state index contributed by atoms with van der Waals surface area (Å²) in [5, 5.41) is 3.11. The summed E-state index contributed by atoms with van der Waals surface area (Å²) in [5.74, 6) is -0.251. The summed E-state index contributed by atoms with van der Waals surface area (Å²) in [6.07, 6.45) is -4.04. The summed E-state index contributed by atoms with van der Waals surface area (Å²) >= 11 is 0. The molecule has 0 spiro atoms. The number of amides is 1. The fourth-order valence-corrected chi connectivity index (χ4v) is 3.93. The highest BCUT2D eigenvalue weighted by atomic mass is 19.4. The highest BCUT2D eigenvalue weighted by Crippen LogP contribution is 2.37. The summed E-state index contributed by atoms with van der Waals surface area (Å²) in [4.78, 5) is 17.9. The van der Waals surface area contributed by atoms with Crippen molar-refractivity contribution in [3.63, 3.8) is 0 Å². The largest absolute Gasteiger partial charge is 0.416 e. The van der Waals surface area contributed by atoms with E-state index in [0.717, 1.165) is 17.7 Å². The van der Waals surface area contributed by atoms with E-state index in [1.54, 1.807) is 18.2 Å². The van der Waals surface area contributed by atoms with Crippen molar-refractivity contribution in [1.82, 2.24) is 10.3 Å². The molecule has 0 bridgehead atoms. The number of aromatic nitrogens is 1. The molecule has 0 saturated carbocycles. The number of nitrogens with zero attached hydrogens (tertiary/aromatic N) is 1. The van der Waals surface area contributed by atoms with Gasteiger partial charge < -0.3 is 5.32 Å². The fourth-order valence-electron chi connectivity index (χ4n) is 3.93. The number of rotatable bonds is 6. The van der Waals surface area contributed by atoms with Gasteiger partial charge in [0.15, 0.2) is 0 Å². The number of carbonyl (C=O) groups is 1. The topological polar surface area (TPSA) is 42.0 Å². The Bertz CT molecular complexity index is 1100. The van der Waals surface area contributed by atoms with Gasteiger partial charge in [-0.05, 0) is 47.7 Å². The Hall–Kier alpha value is -3.15. The molecule has 174 valence electrons. The predicted octanol–water partition coefficient (Wildman–Crippen LogP) is 6.45. The first-order chi connectivity index (χ1) is 15.4. The van der Waals surface area contributed by atoms with E-state index in [9.17, 15) is 18.0 Å². The molecule has 1 amide bonds. The molecule has 1 heterocycles. The van der Waals surface area contributed by atoms with E-state index in [4.69, 9.17) is 0 Å². The Balaban J connectivity index is 2.26. The first-order valence-electron chi connectivity index (χ1n) is 10.9. The van der Waals surface area contributed by atoms with Gasteiger partial charge in [0.25, 0.3) is 0 Å². The van der Waals surface area contributed by atoms with E-state index < -0.39 is 17.3 Å². The Morgan fingerprint density at radius 3 is 2.12 bits per heavy atom. The molecule has 1 N–H and O–H groups in total. The molecule has 33 heavy (non-hydrogen) atoms. The highest BCUT2D eigenvalue weighted by Gasteiger charge is 2.40. The maximum Gasteiger partial charge on any atom is 0.416 e. The molecule has 3 nitrogen and oxygen atoms in total. The van der Waals surface area contributed by atoms with E-state index in [1.807, 2.05) is 64.1 Å². The molecular weight excluding hydrogens is 425 g/mol. The lowest BCUT2D eigenvalue weighted by Crippen LogP contribution is -2.50. The monoisotopic (exact) mass is 454 g/mol. The number of benzene rings is 2. The lowest BCUT2D eigenvalue weighted by atomic mass is 9.79. The normalized spacial score (nSPS) is 13.9. The minimum absolute atomic E-state index is 0.217. The molecule has 0 aliphatic carbocycles. The lowest BCUT2D eigenvalue weighted by Gasteiger charge is -2.37. The van der Waals surface area contributed by atoms with Gasteiger partial charge in [0.05, 0.1) is 11.3 Å². The Morgan fingerprint density at radius 2 is 1.52 bits per heavy atom. The molecule has 0 saturated heterocycles. The van der Waals surface area contributed by atoms with Crippen LogP contribution in [0.4, 0.5) is 13.2 Å². The fraction of sp³-hybridized carbons (Fsp3) is 0.333. The number of halogens is 3. The van der Waals surface area contributed by atoms with Crippen molar-refractivity contribution in [3.05, 3.63) is 101 Å². The average molecular weight is 455 g/mol. The van der Waals surface area contributed by atoms with E-state index >= 15 is 0 Å². The second-order valence-corrected chi connectivity index (χ2v) is 9.60. The van der Waals surface area contributed by atoms with E-state index in [0.29, 0.717) is 17.0 Å². The third kappa shape index (κ3) is 6.21. The summed E-state index contributed by atoms with van der Waals surface area (Å²) < 4.78 is 40.9. The van der Waals surface area contributed by atoms with E-state index in [2.05, 4.69) is 10.3 Å². The second kappa shape index (κ2) is 9.38. The van der Waals surface area contributed by atoms with Gasteiger partial charge in [-0.15, -0.1) is 0 Å². The van der Waals surface area contributed by atoms with Crippen LogP contribution in [0.5, 0.6) is 0 Å². The first-order valence-corrected chi connectivity index (χ1v) is 10.9. The van der Waals surface area contributed by atoms with E-state index in [-0.39, 0.29) is 24.2 Å². The maximum atomic E-state index is 13.6. The van der Waals surface area contributed by atoms with Crippen LogP contribution < -0.4 is 5.32 Å². The van der Waals surface area contributed by atoms with Gasteiger partial charge in [-0.1, -0.05) is 69.3 Å². The third-order valence-corrected chi connectivity index (χ3v) is 5.36. The zero-order valence-corrected chi connectivity index (χ0v) is 19.3. The molecule has 6 heteroatoms. The van der Waals surface area contributed by atoms with Crippen LogP contribution in [0.15, 0.2) is 72.8 Å². The number of nitrogens with one attached hydrogen (secondary N) is 1. The van der Waals surface area contributed by atoms with Crippen molar-refractivity contribution < 1.29 is 18.0 Å². The Labute approximate surface area is 193 Å². The van der Waals surface area contributed by atoms with Crippen molar-refractivity contribution in [2.45, 2.75) is 52.3 Å². The van der Waals surface area contributed by atoms with Gasteiger partial charge in [0.1, 0.15) is 5.54 Å². The van der Waals surface area contributed by atoms with Gasteiger partial charge in [0, 0.05) is 18.5 Å². The zero-order chi connectivity index (χ0) is 24.3. The first kappa shape index (κ1) is 24.5. The minimum Gasteiger partial charge on any atom is -0.341 e. The number of alkyl halides is 3. The number of hydrogen-bond donors (Lipinski definition) is 1. The molecule has 3 rings (SSSR count). The lowest BCUT2D eigenvalue weighted by molar-refractivity contribution is -0.137. The van der Waals surface area contributed by atoms with Crippen molar-refractivity contribution in [2.24, 2.45) is 5.41 Å². The molecule has 0 fully saturated rings. The van der Waals surface area contributed by atoms with Crippen molar-refractivity contribution in [3.8, 4) is 0 Å². The summed E-state index contributed by atoms with van der Waals surface area (Å²) in [7, 11) is 0. The van der Waals surface area contributed by atoms with Crippen LogP contribution in [0.25, 0.3) is 0 Å². The van der Waals surface area contributed by atoms with Gasteiger partial charge in [-0.2, -0.15) is 13.2 Å². The average Bonchev–Trinajstić information content (AvgIpc) is 2.72. The number of carbonyl (C=O) groups excluding carboxylic acids is 1. The minimum atomic E-state index is -4.51. The highest BCUT2D eigenvalue weighted by molar-refractivity contribution is 5.78. The van der Waals surface area contributed by atoms with Crippen molar-refractivity contribution >= 4 is 5.91 Å². The SMILES string of the molecule is Cc1cccc(C(Cc2ccccc2)(NC(=O)CC(C)(C)C)c2cccc(C(F)(F)F)c2)n1. The summed E-state index contributed by atoms with van der Waals surface area (Å²) in [6, 6.07) is 19.9. The Kier molecular flexibility index (Phi) is 6.96. The van der Waals surface area contributed by atoms with Gasteiger partial charge in [-0.25, -0.2) is 0 Å². The molecule has 2 aromatic carbocycles. The van der Waals surface area contributed by atoms with Crippen molar-refractivity contribution in [1.29, 1.82) is 0 Å². The standard InChI is InChI=1S/C27H29F3N2O/c1-19-10-8-15-23(31-19)26(17-20-11-6-5-7-12-20,32-24(33)18-25(2,3)4)21-13-9-14-22(16-21)27(28,29)30/h5-16H,17-18H2,1-4H3,(H,32,33). The summed E-state index contributed by atoms with van der Waals surface area (Å²) in [6.45, 7) is 7.65. The molecule has 0 aliphatic rings. The summed E-state index contributed by atoms with van der Waals surface area (Å²) in [5.41, 5.74) is 0.0637. The van der Waals surface area contributed by atoms with Crippen LogP contribution in [0.3, 0.4) is 0 Å². The van der Waals surface area contributed by atoms with Crippen LogP contribution in [0, 0.1) is 12.3 Å². The van der Waals surface area contributed by atoms with Gasteiger partial charge in [-0.3, -0.25) is 9.78 Å². The molecule has 0 radical (unpaired) electrons. The molecule has 3 aromatic rings. The van der Waals surface area contributed by atoms with E-state index in [1.165, 1.54) is 6.07 Å². The number of hydrogen-bond acceptors (Lipinski definition) is 2. The van der Waals surface area contributed by atoms with Crippen LogP contribution in [0.2, 0.25) is 0 Å². The maximum absolute atomic E-state index is 13.6. The smallest absolute Gasteiger partial charge is 0.341 e. The molecular formula is C27H29F3N2O. The molecule has 1 aromatic heterocycles. The molecule has 1 unspecified atom stereocenters. The third-order valence-electron chi connectivity index (χ3n) is 5.36. The number of pyridine rings is 1. The molecule has 1 atom stereocenters. The molecule has 0 aliphatic heterocycles. The van der Waals surface area contributed by atoms with Crippen LogP contribution >= 0.6 is 0 Å². The second-order valence-electron chi connectivity index (χ2n) is 9.60. The van der Waals surface area contributed by atoms with Crippen molar-refractivity contribution in [2.75, 3.05) is 0 Å². The van der Waals surface area contributed by atoms with Crippen LogP contribution in [0.1, 0.15) is 55.3 Å². The van der Waals surface area contributed by atoms with Gasteiger partial charge in [0.2, 0.25) is 5.91 Å². The predicted molar refractivity (Wildman–Crippen MR) is 124 cm³/mol. The zero-order valence-electron chi connectivity index (χ0n) is 19.3. The van der Waals surface area contributed by atoms with Gasteiger partial charge >= 0.3 is 6.18 Å². The quantitative estimate of drug-likeness (QED) is 0.465. The Morgan fingerprint density at radius 1 is 0.879 bits per heavy atom.